The van der Waals surface area contributed by atoms with Crippen molar-refractivity contribution in [2.75, 3.05) is 0 Å². The van der Waals surface area contributed by atoms with Gasteiger partial charge in [-0.15, -0.1) is 0 Å². The standard InChI is InChI=1S/C14H14F2N6O/c1-10(22-18-4-5-19-22)14(23,7-21-9-17-8-20-21)12-3-2-11(15)6-13(12)16/h2-6,8-10,23H,7H2,1H3/t10-,14-/m0/s1. The molecule has 0 aliphatic heterocycles. The molecular weight excluding hydrogens is 306 g/mol. The minimum Gasteiger partial charge on any atom is -0.381 e. The largest absolute Gasteiger partial charge is 0.381 e. The van der Waals surface area contributed by atoms with E-state index in [0.29, 0.717) is 0 Å². The van der Waals surface area contributed by atoms with E-state index in [1.807, 2.05) is 0 Å². The third-order valence-electron chi connectivity index (χ3n) is 3.74. The molecule has 0 aliphatic rings. The fraction of sp³-hybridized carbons (Fsp3) is 0.286. The molecule has 1 N–H and O–H groups in total. The molecule has 2 aromatic heterocycles. The summed E-state index contributed by atoms with van der Waals surface area (Å²) in [7, 11) is 0. The summed E-state index contributed by atoms with van der Waals surface area (Å²) in [5.74, 6) is -1.58. The van der Waals surface area contributed by atoms with Crippen molar-refractivity contribution in [3.63, 3.8) is 0 Å². The van der Waals surface area contributed by atoms with Crippen molar-refractivity contribution in [1.29, 1.82) is 0 Å². The van der Waals surface area contributed by atoms with E-state index in [1.165, 1.54) is 40.6 Å². The second-order valence-corrected chi connectivity index (χ2v) is 5.17. The van der Waals surface area contributed by atoms with Crippen molar-refractivity contribution in [2.45, 2.75) is 25.1 Å². The molecule has 0 saturated carbocycles. The van der Waals surface area contributed by atoms with Gasteiger partial charge in [0.15, 0.2) is 0 Å². The van der Waals surface area contributed by atoms with E-state index in [9.17, 15) is 13.9 Å². The van der Waals surface area contributed by atoms with Crippen LogP contribution in [0.5, 0.6) is 0 Å². The molecule has 120 valence electrons. The smallest absolute Gasteiger partial charge is 0.137 e. The molecule has 3 rings (SSSR count). The van der Waals surface area contributed by atoms with Gasteiger partial charge in [-0.1, -0.05) is 6.07 Å². The van der Waals surface area contributed by atoms with E-state index in [4.69, 9.17) is 0 Å². The van der Waals surface area contributed by atoms with Crippen LogP contribution in [0.1, 0.15) is 18.5 Å². The molecule has 9 heteroatoms. The molecule has 3 aromatic rings. The fourth-order valence-electron chi connectivity index (χ4n) is 2.46. The summed E-state index contributed by atoms with van der Waals surface area (Å²) < 4.78 is 28.9. The van der Waals surface area contributed by atoms with Crippen LogP contribution in [0.4, 0.5) is 8.78 Å². The molecule has 0 unspecified atom stereocenters. The SMILES string of the molecule is C[C@H](n1nccn1)[C@@](O)(Cn1cncn1)c1ccc(F)cc1F. The van der Waals surface area contributed by atoms with Crippen molar-refractivity contribution < 1.29 is 13.9 Å². The first-order valence-electron chi connectivity index (χ1n) is 6.87. The lowest BCUT2D eigenvalue weighted by Crippen LogP contribution is -2.41. The van der Waals surface area contributed by atoms with E-state index >= 15 is 0 Å². The normalized spacial score (nSPS) is 15.3. The quantitative estimate of drug-likeness (QED) is 0.766. The monoisotopic (exact) mass is 320 g/mol. The number of rotatable bonds is 5. The second-order valence-electron chi connectivity index (χ2n) is 5.17. The van der Waals surface area contributed by atoms with E-state index < -0.39 is 23.3 Å². The van der Waals surface area contributed by atoms with E-state index in [-0.39, 0.29) is 12.1 Å². The Balaban J connectivity index is 2.08. The summed E-state index contributed by atoms with van der Waals surface area (Å²) in [6, 6.07) is 2.29. The lowest BCUT2D eigenvalue weighted by molar-refractivity contribution is -0.0413. The molecule has 2 heterocycles. The van der Waals surface area contributed by atoms with Crippen molar-refractivity contribution in [2.24, 2.45) is 0 Å². The number of benzene rings is 1. The predicted octanol–water partition coefficient (Wildman–Crippen LogP) is 1.30. The van der Waals surface area contributed by atoms with Crippen LogP contribution < -0.4 is 0 Å². The minimum absolute atomic E-state index is 0.0702. The maximum Gasteiger partial charge on any atom is 0.137 e. The minimum atomic E-state index is -1.76. The Morgan fingerprint density at radius 3 is 2.57 bits per heavy atom. The summed E-state index contributed by atoms with van der Waals surface area (Å²) in [4.78, 5) is 5.07. The maximum atomic E-state index is 14.3. The molecule has 1 aromatic carbocycles. The third-order valence-corrected chi connectivity index (χ3v) is 3.74. The van der Waals surface area contributed by atoms with Gasteiger partial charge in [0.25, 0.3) is 0 Å². The predicted molar refractivity (Wildman–Crippen MR) is 75.0 cm³/mol. The van der Waals surface area contributed by atoms with Crippen LogP contribution >= 0.6 is 0 Å². The molecular formula is C14H14F2N6O. The van der Waals surface area contributed by atoms with E-state index in [0.717, 1.165) is 12.1 Å². The van der Waals surface area contributed by atoms with Crippen LogP contribution in [0.2, 0.25) is 0 Å². The van der Waals surface area contributed by atoms with Crippen LogP contribution in [0, 0.1) is 11.6 Å². The molecule has 23 heavy (non-hydrogen) atoms. The summed E-state index contributed by atoms with van der Waals surface area (Å²) in [5.41, 5.74) is -1.83. The van der Waals surface area contributed by atoms with Gasteiger partial charge < -0.3 is 5.11 Å². The van der Waals surface area contributed by atoms with Gasteiger partial charge in [0.05, 0.1) is 18.9 Å². The van der Waals surface area contributed by atoms with Gasteiger partial charge in [-0.05, 0) is 13.0 Å². The molecule has 0 radical (unpaired) electrons. The summed E-state index contributed by atoms with van der Waals surface area (Å²) in [6.45, 7) is 1.54. The van der Waals surface area contributed by atoms with Gasteiger partial charge in [-0.3, -0.25) is 0 Å². The van der Waals surface area contributed by atoms with Crippen molar-refractivity contribution in [1.82, 2.24) is 29.8 Å². The molecule has 0 amide bonds. The number of hydrogen-bond acceptors (Lipinski definition) is 5. The van der Waals surface area contributed by atoms with Crippen LogP contribution in [-0.2, 0) is 12.1 Å². The van der Waals surface area contributed by atoms with Gasteiger partial charge >= 0.3 is 0 Å². The number of nitrogens with zero attached hydrogens (tertiary/aromatic N) is 6. The molecule has 7 nitrogen and oxygen atoms in total. The van der Waals surface area contributed by atoms with Gasteiger partial charge in [-0.2, -0.15) is 20.1 Å². The lowest BCUT2D eigenvalue weighted by Gasteiger charge is -2.34. The number of aromatic nitrogens is 6. The topological polar surface area (TPSA) is 81.6 Å². The molecule has 0 saturated heterocycles. The first-order valence-corrected chi connectivity index (χ1v) is 6.87. The zero-order valence-corrected chi connectivity index (χ0v) is 12.2. The zero-order valence-electron chi connectivity index (χ0n) is 12.2. The van der Waals surface area contributed by atoms with Crippen LogP contribution in [0.25, 0.3) is 0 Å². The highest BCUT2D eigenvalue weighted by atomic mass is 19.1. The highest BCUT2D eigenvalue weighted by Gasteiger charge is 2.41. The Hall–Kier alpha value is -2.68. The number of halogens is 2. The maximum absolute atomic E-state index is 14.3. The number of hydrogen-bond donors (Lipinski definition) is 1. The summed E-state index contributed by atoms with van der Waals surface area (Å²) in [5, 5.41) is 23.1. The Labute approximate surface area is 130 Å². The first kappa shape index (κ1) is 15.2. The highest BCUT2D eigenvalue weighted by molar-refractivity contribution is 5.26. The highest BCUT2D eigenvalue weighted by Crippen LogP contribution is 2.35. The van der Waals surface area contributed by atoms with Crippen LogP contribution in [-0.4, -0.2) is 34.9 Å². The van der Waals surface area contributed by atoms with Gasteiger partial charge in [0.1, 0.15) is 35.9 Å². The first-order chi connectivity index (χ1) is 11.0. The van der Waals surface area contributed by atoms with E-state index in [2.05, 4.69) is 20.3 Å². The van der Waals surface area contributed by atoms with Crippen molar-refractivity contribution >= 4 is 0 Å². The molecule has 0 aliphatic carbocycles. The Kier molecular flexibility index (Phi) is 3.87. The zero-order chi connectivity index (χ0) is 16.4. The van der Waals surface area contributed by atoms with E-state index in [1.54, 1.807) is 6.92 Å². The Bertz CT molecular complexity index is 777. The van der Waals surface area contributed by atoms with Crippen LogP contribution in [0.15, 0.2) is 43.2 Å². The molecule has 0 fully saturated rings. The average molecular weight is 320 g/mol. The second kappa shape index (κ2) is 5.84. The van der Waals surface area contributed by atoms with Crippen molar-refractivity contribution in [3.05, 3.63) is 60.4 Å². The fourth-order valence-corrected chi connectivity index (χ4v) is 2.46. The third kappa shape index (κ3) is 2.82. The average Bonchev–Trinajstić information content (AvgIpc) is 3.19. The Morgan fingerprint density at radius 1 is 1.22 bits per heavy atom. The van der Waals surface area contributed by atoms with Crippen molar-refractivity contribution in [3.8, 4) is 0 Å². The van der Waals surface area contributed by atoms with Gasteiger partial charge in [-0.25, -0.2) is 18.4 Å². The molecule has 2 atom stereocenters. The summed E-state index contributed by atoms with van der Waals surface area (Å²) >= 11 is 0. The number of aliphatic hydroxyl groups is 1. The van der Waals surface area contributed by atoms with Gasteiger partial charge in [0.2, 0.25) is 0 Å². The van der Waals surface area contributed by atoms with Crippen LogP contribution in [0.3, 0.4) is 0 Å². The molecule has 0 bridgehead atoms. The summed E-state index contributed by atoms with van der Waals surface area (Å²) in [6.07, 6.45) is 5.61. The molecule has 0 spiro atoms. The lowest BCUT2D eigenvalue weighted by atomic mass is 9.86. The Morgan fingerprint density at radius 2 is 1.96 bits per heavy atom. The van der Waals surface area contributed by atoms with Gasteiger partial charge in [0, 0.05) is 11.6 Å².